The standard InChI is InChI=1S/C16H25NO/c1-13-7-9-15(10-8-13)16(18)14(2)17-11-5-3-4-6-12-17/h7-10,14,16,18H,3-6,11-12H2,1-2H3. The molecule has 0 radical (unpaired) electrons. The Hall–Kier alpha value is -0.860. The second-order valence-electron chi connectivity index (χ2n) is 5.55. The molecule has 100 valence electrons. The van der Waals surface area contributed by atoms with E-state index in [-0.39, 0.29) is 12.1 Å². The molecule has 2 rings (SSSR count). The number of aliphatic hydroxyl groups excluding tert-OH is 1. The van der Waals surface area contributed by atoms with Crippen molar-refractivity contribution in [1.29, 1.82) is 0 Å². The first-order valence-corrected chi connectivity index (χ1v) is 7.17. The van der Waals surface area contributed by atoms with Crippen molar-refractivity contribution in [3.05, 3.63) is 35.4 Å². The topological polar surface area (TPSA) is 23.5 Å². The van der Waals surface area contributed by atoms with E-state index in [0.717, 1.165) is 18.7 Å². The highest BCUT2D eigenvalue weighted by molar-refractivity contribution is 5.24. The van der Waals surface area contributed by atoms with Crippen LogP contribution >= 0.6 is 0 Å². The Morgan fingerprint density at radius 3 is 2.11 bits per heavy atom. The van der Waals surface area contributed by atoms with Crippen molar-refractivity contribution in [2.24, 2.45) is 0 Å². The van der Waals surface area contributed by atoms with Gasteiger partial charge in [-0.1, -0.05) is 42.7 Å². The number of likely N-dealkylation sites (tertiary alicyclic amines) is 1. The summed E-state index contributed by atoms with van der Waals surface area (Å²) in [6, 6.07) is 8.47. The monoisotopic (exact) mass is 247 g/mol. The van der Waals surface area contributed by atoms with Crippen LogP contribution in [0.5, 0.6) is 0 Å². The molecule has 2 atom stereocenters. The molecule has 2 heteroatoms. The molecule has 0 spiro atoms. The van der Waals surface area contributed by atoms with Gasteiger partial charge in [0.15, 0.2) is 0 Å². The van der Waals surface area contributed by atoms with Crippen LogP contribution in [0, 0.1) is 6.92 Å². The smallest absolute Gasteiger partial charge is 0.0942 e. The zero-order valence-electron chi connectivity index (χ0n) is 11.6. The van der Waals surface area contributed by atoms with Crippen LogP contribution < -0.4 is 0 Å². The van der Waals surface area contributed by atoms with Crippen LogP contribution in [0.4, 0.5) is 0 Å². The van der Waals surface area contributed by atoms with E-state index < -0.39 is 0 Å². The Bertz CT molecular complexity index is 352. The quantitative estimate of drug-likeness (QED) is 0.886. The van der Waals surface area contributed by atoms with Gasteiger partial charge in [-0.15, -0.1) is 0 Å². The van der Waals surface area contributed by atoms with Crippen molar-refractivity contribution in [1.82, 2.24) is 4.90 Å². The molecule has 18 heavy (non-hydrogen) atoms. The van der Waals surface area contributed by atoms with E-state index in [0.29, 0.717) is 0 Å². The Balaban J connectivity index is 2.02. The van der Waals surface area contributed by atoms with Gasteiger partial charge in [0.1, 0.15) is 0 Å². The molecule has 0 saturated carbocycles. The highest BCUT2D eigenvalue weighted by Crippen LogP contribution is 2.23. The fourth-order valence-electron chi connectivity index (χ4n) is 2.74. The van der Waals surface area contributed by atoms with Crippen molar-refractivity contribution >= 4 is 0 Å². The molecule has 2 unspecified atom stereocenters. The van der Waals surface area contributed by atoms with Crippen LogP contribution in [-0.4, -0.2) is 29.1 Å². The summed E-state index contributed by atoms with van der Waals surface area (Å²) in [7, 11) is 0. The maximum Gasteiger partial charge on any atom is 0.0942 e. The van der Waals surface area contributed by atoms with Gasteiger partial charge in [-0.3, -0.25) is 4.90 Å². The highest BCUT2D eigenvalue weighted by atomic mass is 16.3. The zero-order valence-corrected chi connectivity index (χ0v) is 11.6. The molecule has 0 aromatic heterocycles. The Kier molecular flexibility index (Phi) is 4.79. The second kappa shape index (κ2) is 6.35. The number of rotatable bonds is 3. The minimum Gasteiger partial charge on any atom is -0.387 e. The summed E-state index contributed by atoms with van der Waals surface area (Å²) in [6.45, 7) is 6.48. The van der Waals surface area contributed by atoms with E-state index >= 15 is 0 Å². The summed E-state index contributed by atoms with van der Waals surface area (Å²) < 4.78 is 0. The van der Waals surface area contributed by atoms with Gasteiger partial charge in [0, 0.05) is 6.04 Å². The Morgan fingerprint density at radius 2 is 1.56 bits per heavy atom. The van der Waals surface area contributed by atoms with Gasteiger partial charge >= 0.3 is 0 Å². The Labute approximate surface area is 111 Å². The third-order valence-electron chi connectivity index (χ3n) is 4.09. The summed E-state index contributed by atoms with van der Waals surface area (Å²) in [5.74, 6) is 0. The number of hydrogen-bond donors (Lipinski definition) is 1. The molecular formula is C16H25NO. The second-order valence-corrected chi connectivity index (χ2v) is 5.55. The van der Waals surface area contributed by atoms with Gasteiger partial charge in [0.25, 0.3) is 0 Å². The van der Waals surface area contributed by atoms with Crippen LogP contribution in [-0.2, 0) is 0 Å². The minimum atomic E-state index is -0.372. The van der Waals surface area contributed by atoms with Crippen LogP contribution in [0.3, 0.4) is 0 Å². The van der Waals surface area contributed by atoms with Crippen molar-refractivity contribution in [2.45, 2.75) is 51.7 Å². The molecule has 2 nitrogen and oxygen atoms in total. The van der Waals surface area contributed by atoms with Gasteiger partial charge in [0.05, 0.1) is 6.10 Å². The number of nitrogens with zero attached hydrogens (tertiary/aromatic N) is 1. The normalized spacial score (nSPS) is 21.3. The number of benzene rings is 1. The molecule has 1 N–H and O–H groups in total. The summed E-state index contributed by atoms with van der Waals surface area (Å²) >= 11 is 0. The molecular weight excluding hydrogens is 222 g/mol. The van der Waals surface area contributed by atoms with E-state index in [1.54, 1.807) is 0 Å². The van der Waals surface area contributed by atoms with Crippen molar-refractivity contribution in [3.8, 4) is 0 Å². The number of hydrogen-bond acceptors (Lipinski definition) is 2. The van der Waals surface area contributed by atoms with E-state index in [9.17, 15) is 5.11 Å². The minimum absolute atomic E-state index is 0.214. The first-order valence-electron chi connectivity index (χ1n) is 7.17. The lowest BCUT2D eigenvalue weighted by atomic mass is 10.0. The molecule has 0 bridgehead atoms. The lowest BCUT2D eigenvalue weighted by Gasteiger charge is -2.31. The molecule has 1 aliphatic heterocycles. The maximum absolute atomic E-state index is 10.5. The summed E-state index contributed by atoms with van der Waals surface area (Å²) in [5, 5.41) is 10.5. The third kappa shape index (κ3) is 3.33. The molecule has 1 aromatic carbocycles. The molecule has 1 aliphatic rings. The summed E-state index contributed by atoms with van der Waals surface area (Å²) in [4.78, 5) is 2.44. The van der Waals surface area contributed by atoms with Gasteiger partial charge in [-0.2, -0.15) is 0 Å². The first kappa shape index (κ1) is 13.6. The molecule has 1 saturated heterocycles. The maximum atomic E-state index is 10.5. The van der Waals surface area contributed by atoms with Crippen LogP contribution in [0.15, 0.2) is 24.3 Å². The van der Waals surface area contributed by atoms with E-state index in [1.165, 1.54) is 31.2 Å². The molecule has 1 fully saturated rings. The van der Waals surface area contributed by atoms with Gasteiger partial charge < -0.3 is 5.11 Å². The molecule has 1 aromatic rings. The Morgan fingerprint density at radius 1 is 1.00 bits per heavy atom. The van der Waals surface area contributed by atoms with Gasteiger partial charge in [-0.05, 0) is 45.3 Å². The van der Waals surface area contributed by atoms with E-state index in [1.807, 2.05) is 12.1 Å². The first-order chi connectivity index (χ1) is 8.68. The largest absolute Gasteiger partial charge is 0.387 e. The number of aryl methyl sites for hydroxylation is 1. The van der Waals surface area contributed by atoms with E-state index in [4.69, 9.17) is 0 Å². The fraction of sp³-hybridized carbons (Fsp3) is 0.625. The van der Waals surface area contributed by atoms with Gasteiger partial charge in [0.2, 0.25) is 0 Å². The average Bonchev–Trinajstić information content (AvgIpc) is 2.67. The zero-order chi connectivity index (χ0) is 13.0. The van der Waals surface area contributed by atoms with Crippen LogP contribution in [0.25, 0.3) is 0 Å². The van der Waals surface area contributed by atoms with Crippen molar-refractivity contribution in [3.63, 3.8) is 0 Å². The fourth-order valence-corrected chi connectivity index (χ4v) is 2.74. The number of aliphatic hydroxyl groups is 1. The summed E-state index contributed by atoms with van der Waals surface area (Å²) in [6.07, 6.45) is 4.84. The lowest BCUT2D eigenvalue weighted by Crippen LogP contribution is -2.38. The predicted molar refractivity (Wildman–Crippen MR) is 75.6 cm³/mol. The lowest BCUT2D eigenvalue weighted by molar-refractivity contribution is 0.0597. The van der Waals surface area contributed by atoms with Gasteiger partial charge in [-0.25, -0.2) is 0 Å². The van der Waals surface area contributed by atoms with Crippen LogP contribution in [0.2, 0.25) is 0 Å². The molecule has 0 aliphatic carbocycles. The summed E-state index contributed by atoms with van der Waals surface area (Å²) in [5.41, 5.74) is 2.28. The van der Waals surface area contributed by atoms with Crippen molar-refractivity contribution in [2.75, 3.05) is 13.1 Å². The third-order valence-corrected chi connectivity index (χ3v) is 4.09. The van der Waals surface area contributed by atoms with Crippen molar-refractivity contribution < 1.29 is 5.11 Å². The molecule has 0 amide bonds. The highest BCUT2D eigenvalue weighted by Gasteiger charge is 2.23. The predicted octanol–water partition coefficient (Wildman–Crippen LogP) is 3.29. The van der Waals surface area contributed by atoms with Crippen LogP contribution in [0.1, 0.15) is 49.8 Å². The molecule has 1 heterocycles. The van der Waals surface area contributed by atoms with E-state index in [2.05, 4.69) is 30.9 Å². The SMILES string of the molecule is Cc1ccc(C(O)C(C)N2CCCCCC2)cc1. The average molecular weight is 247 g/mol.